The predicted molar refractivity (Wildman–Crippen MR) is 69.3 cm³/mol. The van der Waals surface area contributed by atoms with Crippen molar-refractivity contribution in [2.75, 3.05) is 27.4 Å². The number of hydrogen-bond acceptors (Lipinski definition) is 4. The van der Waals surface area contributed by atoms with Gasteiger partial charge in [0.25, 0.3) is 0 Å². The molecule has 18 heavy (non-hydrogen) atoms. The topological polar surface area (TPSA) is 47.6 Å². The van der Waals surface area contributed by atoms with E-state index in [1.54, 1.807) is 0 Å². The van der Waals surface area contributed by atoms with Crippen LogP contribution in [-0.4, -0.2) is 38.9 Å². The van der Waals surface area contributed by atoms with Gasteiger partial charge in [-0.25, -0.2) is 4.79 Å². The van der Waals surface area contributed by atoms with Crippen molar-refractivity contribution in [1.29, 1.82) is 0 Å². The molecular weight excluding hydrogens is 230 g/mol. The van der Waals surface area contributed by atoms with Crippen LogP contribution < -0.4 is 5.32 Å². The van der Waals surface area contributed by atoms with E-state index in [0.717, 1.165) is 31.8 Å². The highest BCUT2D eigenvalue weighted by atomic mass is 16.5. The molecule has 0 saturated heterocycles. The van der Waals surface area contributed by atoms with Crippen LogP contribution in [0.1, 0.15) is 38.5 Å². The lowest BCUT2D eigenvalue weighted by atomic mass is 9.83. The first-order chi connectivity index (χ1) is 8.73. The van der Waals surface area contributed by atoms with E-state index in [9.17, 15) is 4.79 Å². The number of methoxy groups -OCH3 is 1. The third-order valence-corrected chi connectivity index (χ3v) is 4.49. The highest BCUT2D eigenvalue weighted by molar-refractivity contribution is 5.82. The normalized spacial score (nSPS) is 23.2. The summed E-state index contributed by atoms with van der Waals surface area (Å²) < 4.78 is 10.7. The number of likely N-dealkylation sites (N-methyl/N-ethyl adjacent to an activating group) is 1. The van der Waals surface area contributed by atoms with Crippen molar-refractivity contribution in [3.8, 4) is 0 Å². The zero-order chi connectivity index (χ0) is 13.0. The van der Waals surface area contributed by atoms with E-state index in [-0.39, 0.29) is 5.97 Å². The maximum absolute atomic E-state index is 12.0. The van der Waals surface area contributed by atoms with Gasteiger partial charge in [0, 0.05) is 6.61 Å². The summed E-state index contributed by atoms with van der Waals surface area (Å²) in [5.74, 6) is 1.04. The minimum atomic E-state index is -0.617. The van der Waals surface area contributed by atoms with E-state index in [4.69, 9.17) is 9.47 Å². The lowest BCUT2D eigenvalue weighted by Gasteiger charge is -2.31. The van der Waals surface area contributed by atoms with Crippen LogP contribution in [0.2, 0.25) is 0 Å². The quantitative estimate of drug-likeness (QED) is 0.530. The van der Waals surface area contributed by atoms with E-state index < -0.39 is 5.54 Å². The zero-order valence-corrected chi connectivity index (χ0v) is 11.5. The molecular formula is C14H25NO3. The Hall–Kier alpha value is -0.610. The van der Waals surface area contributed by atoms with Crippen LogP contribution in [-0.2, 0) is 14.3 Å². The highest BCUT2D eigenvalue weighted by Gasteiger charge is 2.51. The summed E-state index contributed by atoms with van der Waals surface area (Å²) in [5.41, 5.74) is -0.617. The van der Waals surface area contributed by atoms with Gasteiger partial charge in [-0.05, 0) is 38.1 Å². The Morgan fingerprint density at radius 1 is 1.33 bits per heavy atom. The summed E-state index contributed by atoms with van der Waals surface area (Å²) in [7, 11) is 3.27. The molecule has 1 unspecified atom stereocenters. The van der Waals surface area contributed by atoms with Crippen molar-refractivity contribution in [2.45, 2.75) is 44.1 Å². The largest absolute Gasteiger partial charge is 0.468 e. The summed E-state index contributed by atoms with van der Waals surface area (Å²) >= 11 is 0. The van der Waals surface area contributed by atoms with Crippen LogP contribution in [0.4, 0.5) is 0 Å². The van der Waals surface area contributed by atoms with Gasteiger partial charge in [0.1, 0.15) is 5.54 Å². The molecule has 0 aromatic heterocycles. The van der Waals surface area contributed by atoms with Gasteiger partial charge in [-0.2, -0.15) is 0 Å². The van der Waals surface area contributed by atoms with E-state index in [1.165, 1.54) is 26.4 Å². The minimum absolute atomic E-state index is 0.184. The lowest BCUT2D eigenvalue weighted by Crippen LogP contribution is -2.56. The van der Waals surface area contributed by atoms with Crippen molar-refractivity contribution >= 4 is 5.97 Å². The molecule has 0 amide bonds. The van der Waals surface area contributed by atoms with E-state index in [2.05, 4.69) is 5.32 Å². The average Bonchev–Trinajstić information content (AvgIpc) is 3.15. The zero-order valence-electron chi connectivity index (χ0n) is 11.5. The van der Waals surface area contributed by atoms with Crippen LogP contribution in [0.5, 0.6) is 0 Å². The monoisotopic (exact) mass is 255 g/mol. The second kappa shape index (κ2) is 6.02. The van der Waals surface area contributed by atoms with E-state index in [1.807, 2.05) is 7.05 Å². The summed E-state index contributed by atoms with van der Waals surface area (Å²) in [6.45, 7) is 1.20. The standard InChI is InChI=1S/C14H25NO3/c1-15-14(12-6-7-12,13(16)17-2)10-18-9-8-11-4-3-5-11/h11-12,15H,3-10H2,1-2H3. The SMILES string of the molecule is CNC(COCCC1CCC1)(C(=O)OC)C1CC1. The number of rotatable bonds is 8. The van der Waals surface area contributed by atoms with Crippen molar-refractivity contribution in [3.63, 3.8) is 0 Å². The summed E-state index contributed by atoms with van der Waals surface area (Å²) in [4.78, 5) is 12.0. The number of carbonyl (C=O) groups excluding carboxylic acids is 1. The van der Waals surface area contributed by atoms with Gasteiger partial charge in [-0.15, -0.1) is 0 Å². The highest BCUT2D eigenvalue weighted by Crippen LogP contribution is 2.40. The van der Waals surface area contributed by atoms with Crippen molar-refractivity contribution in [2.24, 2.45) is 11.8 Å². The molecule has 2 aliphatic carbocycles. The fourth-order valence-electron chi connectivity index (χ4n) is 2.74. The van der Waals surface area contributed by atoms with Crippen molar-refractivity contribution < 1.29 is 14.3 Å². The molecule has 104 valence electrons. The first-order valence-corrected chi connectivity index (χ1v) is 7.08. The molecule has 2 saturated carbocycles. The molecule has 0 aliphatic heterocycles. The van der Waals surface area contributed by atoms with Crippen LogP contribution in [0.15, 0.2) is 0 Å². The molecule has 2 rings (SSSR count). The van der Waals surface area contributed by atoms with E-state index >= 15 is 0 Å². The van der Waals surface area contributed by atoms with Crippen LogP contribution in [0, 0.1) is 11.8 Å². The molecule has 0 bridgehead atoms. The fraction of sp³-hybridized carbons (Fsp3) is 0.929. The summed E-state index contributed by atoms with van der Waals surface area (Å²) in [6, 6.07) is 0. The number of ether oxygens (including phenoxy) is 2. The van der Waals surface area contributed by atoms with Crippen molar-refractivity contribution in [1.82, 2.24) is 5.32 Å². The number of carbonyl (C=O) groups is 1. The van der Waals surface area contributed by atoms with Gasteiger partial charge >= 0.3 is 5.97 Å². The second-order valence-electron chi connectivity index (χ2n) is 5.63. The number of esters is 1. The molecule has 4 nitrogen and oxygen atoms in total. The van der Waals surface area contributed by atoms with Gasteiger partial charge in [-0.1, -0.05) is 19.3 Å². The Kier molecular flexibility index (Phi) is 4.62. The molecule has 1 atom stereocenters. The molecule has 0 radical (unpaired) electrons. The molecule has 0 heterocycles. The molecule has 0 aromatic carbocycles. The third kappa shape index (κ3) is 2.86. The van der Waals surface area contributed by atoms with Crippen molar-refractivity contribution in [3.05, 3.63) is 0 Å². The smallest absolute Gasteiger partial charge is 0.328 e. The lowest BCUT2D eigenvalue weighted by molar-refractivity contribution is -0.152. The molecule has 2 fully saturated rings. The Labute approximate surface area is 109 Å². The van der Waals surface area contributed by atoms with Crippen LogP contribution in [0.25, 0.3) is 0 Å². The Bertz CT molecular complexity index is 287. The van der Waals surface area contributed by atoms with Gasteiger partial charge in [0.2, 0.25) is 0 Å². The second-order valence-corrected chi connectivity index (χ2v) is 5.63. The van der Waals surface area contributed by atoms with Crippen LogP contribution >= 0.6 is 0 Å². The first kappa shape index (κ1) is 13.8. The predicted octanol–water partition coefficient (Wildman–Crippen LogP) is 1.73. The van der Waals surface area contributed by atoms with Gasteiger partial charge < -0.3 is 14.8 Å². The summed E-state index contributed by atoms with van der Waals surface area (Å²) in [6.07, 6.45) is 7.37. The van der Waals surface area contributed by atoms with Gasteiger partial charge in [0.15, 0.2) is 0 Å². The third-order valence-electron chi connectivity index (χ3n) is 4.49. The van der Waals surface area contributed by atoms with Crippen LogP contribution in [0.3, 0.4) is 0 Å². The van der Waals surface area contributed by atoms with Gasteiger partial charge in [0.05, 0.1) is 13.7 Å². The Balaban J connectivity index is 1.78. The number of nitrogens with one attached hydrogen (secondary N) is 1. The summed E-state index contributed by atoms with van der Waals surface area (Å²) in [5, 5.41) is 3.14. The van der Waals surface area contributed by atoms with E-state index in [0.29, 0.717) is 12.5 Å². The first-order valence-electron chi connectivity index (χ1n) is 7.08. The molecule has 1 N–H and O–H groups in total. The minimum Gasteiger partial charge on any atom is -0.468 e. The Morgan fingerprint density at radius 2 is 2.06 bits per heavy atom. The average molecular weight is 255 g/mol. The maximum atomic E-state index is 12.0. The molecule has 2 aliphatic rings. The fourth-order valence-corrected chi connectivity index (χ4v) is 2.74. The molecule has 4 heteroatoms. The van der Waals surface area contributed by atoms with Gasteiger partial charge in [-0.3, -0.25) is 0 Å². The Morgan fingerprint density at radius 3 is 2.50 bits per heavy atom. The molecule has 0 spiro atoms. The maximum Gasteiger partial charge on any atom is 0.328 e. The molecule has 0 aromatic rings. The number of hydrogen-bond donors (Lipinski definition) is 1.